The third-order valence-electron chi connectivity index (χ3n) is 3.32. The smallest absolute Gasteiger partial charge is 0.315 e. The largest absolute Gasteiger partial charge is 0.336 e. The van der Waals surface area contributed by atoms with E-state index in [1.54, 1.807) is 23.5 Å². The molecule has 2 rings (SSSR count). The van der Waals surface area contributed by atoms with E-state index in [1.807, 2.05) is 25.5 Å². The van der Waals surface area contributed by atoms with Crippen LogP contribution in [0.5, 0.6) is 0 Å². The molecule has 0 bridgehead atoms. The van der Waals surface area contributed by atoms with Crippen LogP contribution in [0.25, 0.3) is 0 Å². The zero-order valence-corrected chi connectivity index (χ0v) is 13.5. The second-order valence-corrected chi connectivity index (χ2v) is 6.16. The molecule has 6 heteroatoms. The fraction of sp³-hybridized carbons (Fsp3) is 0.312. The average Bonchev–Trinajstić information content (AvgIpc) is 3.00. The number of hydrogen-bond acceptors (Lipinski definition) is 3. The maximum Gasteiger partial charge on any atom is 0.315 e. The van der Waals surface area contributed by atoms with Gasteiger partial charge in [-0.1, -0.05) is 18.2 Å². The molecule has 2 amide bonds. The van der Waals surface area contributed by atoms with E-state index >= 15 is 0 Å². The van der Waals surface area contributed by atoms with Crippen molar-refractivity contribution in [1.29, 1.82) is 0 Å². The first-order chi connectivity index (χ1) is 10.6. The first-order valence-corrected chi connectivity index (χ1v) is 7.90. The van der Waals surface area contributed by atoms with Gasteiger partial charge in [0, 0.05) is 18.0 Å². The van der Waals surface area contributed by atoms with E-state index in [-0.39, 0.29) is 17.9 Å². The van der Waals surface area contributed by atoms with Gasteiger partial charge in [-0.15, -0.1) is 11.3 Å². The summed E-state index contributed by atoms with van der Waals surface area (Å²) in [5, 5.41) is 7.67. The Morgan fingerprint density at radius 3 is 2.55 bits per heavy atom. The summed E-state index contributed by atoms with van der Waals surface area (Å²) in [4.78, 5) is 15.2. The number of rotatable bonds is 6. The minimum atomic E-state index is -0.280. The van der Waals surface area contributed by atoms with Crippen LogP contribution in [0.15, 0.2) is 41.8 Å². The van der Waals surface area contributed by atoms with Crippen LogP contribution >= 0.6 is 11.3 Å². The van der Waals surface area contributed by atoms with Gasteiger partial charge in [0.2, 0.25) is 0 Å². The molecule has 1 aromatic carbocycles. The number of carbonyl (C=O) groups is 1. The third-order valence-corrected chi connectivity index (χ3v) is 4.29. The number of thiophene rings is 1. The minimum Gasteiger partial charge on any atom is -0.336 e. The summed E-state index contributed by atoms with van der Waals surface area (Å²) in [5.41, 5.74) is 0.860. The Balaban J connectivity index is 1.80. The number of hydrogen-bond donors (Lipinski definition) is 2. The van der Waals surface area contributed by atoms with E-state index in [2.05, 4.69) is 21.6 Å². The predicted molar refractivity (Wildman–Crippen MR) is 87.4 cm³/mol. The van der Waals surface area contributed by atoms with Crippen molar-refractivity contribution in [3.8, 4) is 0 Å². The van der Waals surface area contributed by atoms with E-state index in [0.29, 0.717) is 13.1 Å². The Morgan fingerprint density at radius 1 is 1.23 bits per heavy atom. The maximum absolute atomic E-state index is 12.8. The van der Waals surface area contributed by atoms with Gasteiger partial charge in [-0.3, -0.25) is 0 Å². The topological polar surface area (TPSA) is 44.4 Å². The van der Waals surface area contributed by atoms with Crippen LogP contribution in [0.3, 0.4) is 0 Å². The standard InChI is InChI=1S/C16H20FN3OS/c1-20(2)14(15-4-3-9-22-15)11-19-16(21)18-10-12-5-7-13(17)8-6-12/h3-9,14H,10-11H2,1-2H3,(H2,18,19,21)/t14-/m0/s1. The molecular formula is C16H20FN3OS. The van der Waals surface area contributed by atoms with Crippen LogP contribution in [-0.2, 0) is 6.54 Å². The van der Waals surface area contributed by atoms with E-state index in [1.165, 1.54) is 17.0 Å². The summed E-state index contributed by atoms with van der Waals surface area (Å²) in [6.45, 7) is 0.903. The number of carbonyl (C=O) groups excluding carboxylic acids is 1. The van der Waals surface area contributed by atoms with Gasteiger partial charge in [-0.05, 0) is 43.2 Å². The lowest BCUT2D eigenvalue weighted by atomic mass is 10.2. The average molecular weight is 321 g/mol. The molecule has 0 aliphatic heterocycles. The molecule has 118 valence electrons. The van der Waals surface area contributed by atoms with Gasteiger partial charge < -0.3 is 15.5 Å². The molecule has 0 saturated heterocycles. The van der Waals surface area contributed by atoms with Crippen molar-refractivity contribution in [3.05, 3.63) is 58.0 Å². The van der Waals surface area contributed by atoms with Crippen molar-refractivity contribution in [3.63, 3.8) is 0 Å². The Kier molecular flexibility index (Phi) is 5.91. The molecule has 1 heterocycles. The lowest BCUT2D eigenvalue weighted by Crippen LogP contribution is -2.40. The number of urea groups is 1. The molecule has 2 aromatic rings. The summed E-state index contributed by atoms with van der Waals surface area (Å²) < 4.78 is 12.8. The number of nitrogens with zero attached hydrogens (tertiary/aromatic N) is 1. The quantitative estimate of drug-likeness (QED) is 0.859. The van der Waals surface area contributed by atoms with Crippen molar-refractivity contribution in [2.24, 2.45) is 0 Å². The summed E-state index contributed by atoms with van der Waals surface area (Å²) in [6, 6.07) is 10.1. The Hall–Kier alpha value is -1.92. The number of likely N-dealkylation sites (N-methyl/N-ethyl adjacent to an activating group) is 1. The summed E-state index contributed by atoms with van der Waals surface area (Å²) in [5.74, 6) is -0.280. The Bertz CT molecular complexity index is 584. The monoisotopic (exact) mass is 321 g/mol. The van der Waals surface area contributed by atoms with Gasteiger partial charge >= 0.3 is 6.03 Å². The van der Waals surface area contributed by atoms with E-state index in [0.717, 1.165) is 5.56 Å². The van der Waals surface area contributed by atoms with E-state index in [9.17, 15) is 9.18 Å². The molecule has 0 saturated carbocycles. The van der Waals surface area contributed by atoms with Crippen LogP contribution in [0.4, 0.5) is 9.18 Å². The summed E-state index contributed by atoms with van der Waals surface area (Å²) >= 11 is 1.67. The number of nitrogens with one attached hydrogen (secondary N) is 2. The van der Waals surface area contributed by atoms with Crippen molar-refractivity contribution in [2.45, 2.75) is 12.6 Å². The fourth-order valence-corrected chi connectivity index (χ4v) is 2.98. The van der Waals surface area contributed by atoms with Crippen molar-refractivity contribution >= 4 is 17.4 Å². The highest BCUT2D eigenvalue weighted by atomic mass is 32.1. The molecule has 22 heavy (non-hydrogen) atoms. The molecule has 0 spiro atoms. The first-order valence-electron chi connectivity index (χ1n) is 7.02. The molecular weight excluding hydrogens is 301 g/mol. The number of amides is 2. The molecule has 0 aliphatic carbocycles. The van der Waals surface area contributed by atoms with Crippen molar-refractivity contribution < 1.29 is 9.18 Å². The van der Waals surface area contributed by atoms with Gasteiger partial charge in [-0.2, -0.15) is 0 Å². The highest BCUT2D eigenvalue weighted by molar-refractivity contribution is 7.10. The number of halogens is 1. The zero-order chi connectivity index (χ0) is 15.9. The summed E-state index contributed by atoms with van der Waals surface area (Å²) in [7, 11) is 3.98. The Morgan fingerprint density at radius 2 is 1.95 bits per heavy atom. The third kappa shape index (κ3) is 4.82. The van der Waals surface area contributed by atoms with Gasteiger partial charge in [0.05, 0.1) is 6.04 Å². The Labute approximate surface area is 134 Å². The SMILES string of the molecule is CN(C)[C@@H](CNC(=O)NCc1ccc(F)cc1)c1cccs1. The van der Waals surface area contributed by atoms with E-state index in [4.69, 9.17) is 0 Å². The van der Waals surface area contributed by atoms with Gasteiger partial charge in [0.25, 0.3) is 0 Å². The second-order valence-electron chi connectivity index (χ2n) is 5.18. The van der Waals surface area contributed by atoms with Crippen LogP contribution in [0, 0.1) is 5.82 Å². The highest BCUT2D eigenvalue weighted by Gasteiger charge is 2.15. The lowest BCUT2D eigenvalue weighted by Gasteiger charge is -2.23. The molecule has 0 aliphatic rings. The molecule has 0 fully saturated rings. The zero-order valence-electron chi connectivity index (χ0n) is 12.7. The maximum atomic E-state index is 12.8. The normalized spacial score (nSPS) is 12.2. The number of benzene rings is 1. The van der Waals surface area contributed by atoms with Crippen LogP contribution in [0.1, 0.15) is 16.5 Å². The minimum absolute atomic E-state index is 0.150. The van der Waals surface area contributed by atoms with Crippen LogP contribution < -0.4 is 10.6 Å². The molecule has 1 atom stereocenters. The summed E-state index contributed by atoms with van der Waals surface area (Å²) in [6.07, 6.45) is 0. The molecule has 4 nitrogen and oxygen atoms in total. The lowest BCUT2D eigenvalue weighted by molar-refractivity contribution is 0.233. The highest BCUT2D eigenvalue weighted by Crippen LogP contribution is 2.22. The van der Waals surface area contributed by atoms with Gasteiger partial charge in [0.1, 0.15) is 5.82 Å². The molecule has 1 aromatic heterocycles. The first kappa shape index (κ1) is 16.5. The molecule has 2 N–H and O–H groups in total. The van der Waals surface area contributed by atoms with Crippen molar-refractivity contribution in [1.82, 2.24) is 15.5 Å². The van der Waals surface area contributed by atoms with Crippen LogP contribution in [-0.4, -0.2) is 31.6 Å². The van der Waals surface area contributed by atoms with Gasteiger partial charge in [0.15, 0.2) is 0 Å². The van der Waals surface area contributed by atoms with Gasteiger partial charge in [-0.25, -0.2) is 9.18 Å². The fourth-order valence-electron chi connectivity index (χ4n) is 2.05. The van der Waals surface area contributed by atoms with Crippen LogP contribution in [0.2, 0.25) is 0 Å². The van der Waals surface area contributed by atoms with E-state index < -0.39 is 0 Å². The van der Waals surface area contributed by atoms with Crippen molar-refractivity contribution in [2.75, 3.05) is 20.6 Å². The second kappa shape index (κ2) is 7.91. The molecule has 0 unspecified atom stereocenters. The predicted octanol–water partition coefficient (Wildman–Crippen LogP) is 2.99. The molecule has 0 radical (unpaired) electrons.